The third kappa shape index (κ3) is 3.77. The summed E-state index contributed by atoms with van der Waals surface area (Å²) in [7, 11) is 0. The van der Waals surface area contributed by atoms with E-state index in [9.17, 15) is 4.79 Å². The molecule has 3 aromatic rings. The van der Waals surface area contributed by atoms with Crippen LogP contribution in [0.5, 0.6) is 11.5 Å². The smallest absolute Gasteiger partial charge is 0.255 e. The summed E-state index contributed by atoms with van der Waals surface area (Å²) < 4.78 is 11.0. The van der Waals surface area contributed by atoms with Crippen LogP contribution in [0, 0.1) is 0 Å². The lowest BCUT2D eigenvalue weighted by molar-refractivity contribution is -0.119. The van der Waals surface area contributed by atoms with Crippen molar-refractivity contribution in [3.8, 4) is 11.5 Å². The van der Waals surface area contributed by atoms with Gasteiger partial charge in [-0.05, 0) is 30.3 Å². The van der Waals surface area contributed by atoms with Crippen LogP contribution in [0.25, 0.3) is 10.9 Å². The van der Waals surface area contributed by atoms with Crippen LogP contribution >= 0.6 is 0 Å². The topological polar surface area (TPSA) is 74.4 Å². The lowest BCUT2D eigenvalue weighted by atomic mass is 10.1. The van der Waals surface area contributed by atoms with Gasteiger partial charge in [0.05, 0.1) is 5.52 Å². The van der Waals surface area contributed by atoms with Crippen LogP contribution < -0.4 is 15.2 Å². The molecule has 2 N–H and O–H groups in total. The maximum atomic E-state index is 10.7. The molecule has 0 spiro atoms. The largest absolute Gasteiger partial charge is 0.489 e. The first-order valence-corrected chi connectivity index (χ1v) is 7.19. The van der Waals surface area contributed by atoms with Crippen LogP contribution in [0.2, 0.25) is 0 Å². The highest BCUT2D eigenvalue weighted by Crippen LogP contribution is 2.21. The molecule has 23 heavy (non-hydrogen) atoms. The number of fused-ring (bicyclic) bond motifs is 1. The summed E-state index contributed by atoms with van der Waals surface area (Å²) >= 11 is 0. The SMILES string of the molecule is NC(=O)COc1ccc(OCc2cccc3cccnc23)cc1. The molecule has 0 aliphatic heterocycles. The number of hydrogen-bond acceptors (Lipinski definition) is 4. The molecule has 5 heteroatoms. The van der Waals surface area contributed by atoms with Gasteiger partial charge < -0.3 is 15.2 Å². The van der Waals surface area contributed by atoms with E-state index in [1.807, 2.05) is 30.3 Å². The minimum Gasteiger partial charge on any atom is -0.489 e. The van der Waals surface area contributed by atoms with Crippen molar-refractivity contribution in [1.82, 2.24) is 4.98 Å². The maximum absolute atomic E-state index is 10.7. The second kappa shape index (κ2) is 6.79. The number of carbonyl (C=O) groups excluding carboxylic acids is 1. The predicted molar refractivity (Wildman–Crippen MR) is 87.2 cm³/mol. The number of amides is 1. The van der Waals surface area contributed by atoms with Crippen molar-refractivity contribution in [2.45, 2.75) is 6.61 Å². The first-order chi connectivity index (χ1) is 11.2. The Hall–Kier alpha value is -3.08. The number of nitrogens with zero attached hydrogens (tertiary/aromatic N) is 1. The summed E-state index contributed by atoms with van der Waals surface area (Å²) in [6.07, 6.45) is 1.77. The summed E-state index contributed by atoms with van der Waals surface area (Å²) in [5.74, 6) is 0.779. The molecular weight excluding hydrogens is 292 g/mol. The van der Waals surface area contributed by atoms with Gasteiger partial charge in [-0.2, -0.15) is 0 Å². The van der Waals surface area contributed by atoms with Crippen LogP contribution in [0.3, 0.4) is 0 Å². The minimum absolute atomic E-state index is 0.137. The van der Waals surface area contributed by atoms with Crippen LogP contribution in [0.4, 0.5) is 0 Å². The monoisotopic (exact) mass is 308 g/mol. The van der Waals surface area contributed by atoms with Crippen molar-refractivity contribution in [2.24, 2.45) is 5.73 Å². The zero-order valence-corrected chi connectivity index (χ0v) is 12.4. The number of carbonyl (C=O) groups is 1. The molecule has 116 valence electrons. The molecule has 3 rings (SSSR count). The van der Waals surface area contributed by atoms with Gasteiger partial charge in [0.25, 0.3) is 5.91 Å². The van der Waals surface area contributed by atoms with Gasteiger partial charge in [0.15, 0.2) is 6.61 Å². The average Bonchev–Trinajstić information content (AvgIpc) is 2.59. The molecule has 5 nitrogen and oxygen atoms in total. The van der Waals surface area contributed by atoms with E-state index < -0.39 is 5.91 Å². The van der Waals surface area contributed by atoms with Gasteiger partial charge in [0.1, 0.15) is 18.1 Å². The van der Waals surface area contributed by atoms with Crippen molar-refractivity contribution in [3.05, 3.63) is 66.4 Å². The normalized spacial score (nSPS) is 10.4. The fraction of sp³-hybridized carbons (Fsp3) is 0.111. The number of para-hydroxylation sites is 1. The first-order valence-electron chi connectivity index (χ1n) is 7.19. The molecule has 0 unspecified atom stereocenters. The summed E-state index contributed by atoms with van der Waals surface area (Å²) in [5, 5.41) is 1.09. The van der Waals surface area contributed by atoms with Gasteiger partial charge in [-0.25, -0.2) is 0 Å². The van der Waals surface area contributed by atoms with Crippen molar-refractivity contribution >= 4 is 16.8 Å². The summed E-state index contributed by atoms with van der Waals surface area (Å²) in [4.78, 5) is 15.1. The molecule has 1 aromatic heterocycles. The Morgan fingerprint density at radius 1 is 0.957 bits per heavy atom. The molecule has 0 radical (unpaired) electrons. The lowest BCUT2D eigenvalue weighted by Crippen LogP contribution is -2.19. The van der Waals surface area contributed by atoms with Crippen LogP contribution in [0.15, 0.2) is 60.8 Å². The van der Waals surface area contributed by atoms with Crippen LogP contribution in [-0.4, -0.2) is 17.5 Å². The fourth-order valence-corrected chi connectivity index (χ4v) is 2.23. The number of benzene rings is 2. The highest BCUT2D eigenvalue weighted by Gasteiger charge is 2.03. The Balaban J connectivity index is 1.67. The zero-order valence-electron chi connectivity index (χ0n) is 12.4. The Kier molecular flexibility index (Phi) is 4.38. The standard InChI is InChI=1S/C18H16N2O3/c19-17(21)12-23-16-8-6-15(7-9-16)22-11-14-4-1-3-13-5-2-10-20-18(13)14/h1-10H,11-12H2,(H2,19,21). The molecule has 0 aliphatic carbocycles. The number of rotatable bonds is 6. The summed E-state index contributed by atoms with van der Waals surface area (Å²) in [6.45, 7) is 0.289. The van der Waals surface area contributed by atoms with Gasteiger partial charge in [0.2, 0.25) is 0 Å². The second-order valence-corrected chi connectivity index (χ2v) is 5.01. The van der Waals surface area contributed by atoms with Crippen molar-refractivity contribution in [2.75, 3.05) is 6.61 Å². The maximum Gasteiger partial charge on any atom is 0.255 e. The lowest BCUT2D eigenvalue weighted by Gasteiger charge is -2.09. The average molecular weight is 308 g/mol. The van der Waals surface area contributed by atoms with Crippen molar-refractivity contribution in [1.29, 1.82) is 0 Å². The molecule has 1 heterocycles. The second-order valence-electron chi connectivity index (χ2n) is 5.01. The zero-order chi connectivity index (χ0) is 16.1. The van der Waals surface area contributed by atoms with Gasteiger partial charge in [0, 0.05) is 17.1 Å². The Labute approximate surface area is 133 Å². The third-order valence-corrected chi connectivity index (χ3v) is 3.32. The van der Waals surface area contributed by atoms with E-state index >= 15 is 0 Å². The molecule has 1 amide bonds. The molecule has 0 saturated heterocycles. The molecule has 0 fully saturated rings. The van der Waals surface area contributed by atoms with Gasteiger partial charge >= 0.3 is 0 Å². The third-order valence-electron chi connectivity index (χ3n) is 3.32. The molecule has 0 atom stereocenters. The molecule has 0 bridgehead atoms. The van der Waals surface area contributed by atoms with E-state index in [0.29, 0.717) is 18.1 Å². The summed E-state index contributed by atoms with van der Waals surface area (Å²) in [5.41, 5.74) is 7.00. The number of primary amides is 1. The fourth-order valence-electron chi connectivity index (χ4n) is 2.23. The van der Waals surface area contributed by atoms with Gasteiger partial charge in [-0.3, -0.25) is 9.78 Å². The Morgan fingerprint density at radius 3 is 2.39 bits per heavy atom. The molecule has 2 aromatic carbocycles. The number of pyridine rings is 1. The van der Waals surface area contributed by atoms with E-state index in [2.05, 4.69) is 4.98 Å². The van der Waals surface area contributed by atoms with Gasteiger partial charge in [-0.15, -0.1) is 0 Å². The van der Waals surface area contributed by atoms with E-state index in [0.717, 1.165) is 16.5 Å². The first kappa shape index (κ1) is 14.8. The van der Waals surface area contributed by atoms with E-state index in [1.54, 1.807) is 30.5 Å². The molecule has 0 saturated carbocycles. The number of hydrogen-bond donors (Lipinski definition) is 1. The van der Waals surface area contributed by atoms with Crippen LogP contribution in [0.1, 0.15) is 5.56 Å². The Morgan fingerprint density at radius 2 is 1.65 bits per heavy atom. The van der Waals surface area contributed by atoms with Crippen molar-refractivity contribution < 1.29 is 14.3 Å². The Bertz CT molecular complexity index is 811. The van der Waals surface area contributed by atoms with E-state index in [4.69, 9.17) is 15.2 Å². The van der Waals surface area contributed by atoms with Crippen LogP contribution in [-0.2, 0) is 11.4 Å². The van der Waals surface area contributed by atoms with E-state index in [1.165, 1.54) is 0 Å². The highest BCUT2D eigenvalue weighted by atomic mass is 16.5. The number of aromatic nitrogens is 1. The van der Waals surface area contributed by atoms with Crippen molar-refractivity contribution in [3.63, 3.8) is 0 Å². The molecular formula is C18H16N2O3. The minimum atomic E-state index is -0.506. The number of ether oxygens (including phenoxy) is 2. The van der Waals surface area contributed by atoms with E-state index in [-0.39, 0.29) is 6.61 Å². The molecule has 0 aliphatic rings. The quantitative estimate of drug-likeness (QED) is 0.759. The number of nitrogens with two attached hydrogens (primary N) is 1. The highest BCUT2D eigenvalue weighted by molar-refractivity contribution is 5.81. The van der Waals surface area contributed by atoms with Gasteiger partial charge in [-0.1, -0.05) is 24.3 Å². The summed E-state index contributed by atoms with van der Waals surface area (Å²) in [6, 6.07) is 17.0. The predicted octanol–water partition coefficient (Wildman–Crippen LogP) is 2.68.